The number of fused-ring (bicyclic) bond motifs is 2. The summed E-state index contributed by atoms with van der Waals surface area (Å²) in [5.41, 5.74) is 7.43. The molecule has 9 heteroatoms. The first-order chi connectivity index (χ1) is 18.2. The summed E-state index contributed by atoms with van der Waals surface area (Å²) in [4.78, 5) is 31.1. The Bertz CT molecular complexity index is 1750. The molecule has 1 amide bonds. The largest absolute Gasteiger partial charge is 0.353 e. The highest BCUT2D eigenvalue weighted by molar-refractivity contribution is 7.13. The van der Waals surface area contributed by atoms with Crippen LogP contribution < -0.4 is 5.32 Å². The predicted octanol–water partition coefficient (Wildman–Crippen LogP) is 6.42. The quantitative estimate of drug-likeness (QED) is 0.250. The average Bonchev–Trinajstić information content (AvgIpc) is 3.74. The number of nitrogens with zero attached hydrogens (tertiary/aromatic N) is 4. The summed E-state index contributed by atoms with van der Waals surface area (Å²) in [7, 11) is 0. The molecule has 7 rings (SSSR count). The van der Waals surface area contributed by atoms with Crippen molar-refractivity contribution >= 4 is 44.9 Å². The molecular weight excluding hydrogens is 482 g/mol. The molecule has 0 radical (unpaired) electrons. The molecular formula is C28H23N7OS. The molecule has 0 unspecified atom stereocenters. The fourth-order valence-corrected chi connectivity index (χ4v) is 5.85. The van der Waals surface area contributed by atoms with Gasteiger partial charge in [-0.05, 0) is 54.6 Å². The standard InChI is InChI=1S/C28H23N7OS/c36-28(16-4-1-2-5-16)31-18-12-17(14-29-15-18)20-7-8-22-26(33-20)27(35-34-22)23-13-19-21(32-23)9-10-30-25(19)24-6-3-11-37-24/h3,6-16,32H,1-2,4-5H2,(H,31,36)(H,34,35). The van der Waals surface area contributed by atoms with Crippen molar-refractivity contribution in [2.45, 2.75) is 25.7 Å². The Labute approximate surface area is 216 Å². The van der Waals surface area contributed by atoms with Crippen molar-refractivity contribution < 1.29 is 4.79 Å². The van der Waals surface area contributed by atoms with E-state index in [-0.39, 0.29) is 11.8 Å². The van der Waals surface area contributed by atoms with E-state index in [4.69, 9.17) is 4.98 Å². The maximum Gasteiger partial charge on any atom is 0.227 e. The Balaban J connectivity index is 1.25. The zero-order valence-electron chi connectivity index (χ0n) is 19.9. The highest BCUT2D eigenvalue weighted by Crippen LogP contribution is 2.34. The molecule has 8 nitrogen and oxygen atoms in total. The number of hydrogen-bond donors (Lipinski definition) is 3. The molecule has 1 aliphatic carbocycles. The summed E-state index contributed by atoms with van der Waals surface area (Å²) in [6.07, 6.45) is 9.42. The SMILES string of the molecule is O=C(Nc1cncc(-c2ccc3[nH]nc(-c4cc5c(-c6cccs6)nccc5[nH]4)c3n2)c1)C1CCCC1. The minimum atomic E-state index is 0.0761. The Hall–Kier alpha value is -4.37. The van der Waals surface area contributed by atoms with Gasteiger partial charge in [-0.2, -0.15) is 5.10 Å². The monoisotopic (exact) mass is 505 g/mol. The lowest BCUT2D eigenvalue weighted by Crippen LogP contribution is -2.20. The van der Waals surface area contributed by atoms with Gasteiger partial charge in [-0.1, -0.05) is 18.9 Å². The lowest BCUT2D eigenvalue weighted by atomic mass is 10.1. The van der Waals surface area contributed by atoms with Gasteiger partial charge in [-0.25, -0.2) is 4.98 Å². The van der Waals surface area contributed by atoms with E-state index in [1.807, 2.05) is 36.5 Å². The van der Waals surface area contributed by atoms with Crippen LogP contribution in [0.15, 0.2) is 66.4 Å². The lowest BCUT2D eigenvalue weighted by Gasteiger charge is -2.11. The topological polar surface area (TPSA) is 112 Å². The van der Waals surface area contributed by atoms with Crippen molar-refractivity contribution in [3.05, 3.63) is 66.4 Å². The second-order valence-electron chi connectivity index (χ2n) is 9.38. The van der Waals surface area contributed by atoms with Crippen LogP contribution in [0.1, 0.15) is 25.7 Å². The summed E-state index contributed by atoms with van der Waals surface area (Å²) < 4.78 is 0. The Kier molecular flexibility index (Phi) is 5.28. The van der Waals surface area contributed by atoms with Crippen LogP contribution in [0.4, 0.5) is 5.69 Å². The number of rotatable bonds is 5. The number of carbonyl (C=O) groups is 1. The minimum Gasteiger partial charge on any atom is -0.353 e. The first-order valence-electron chi connectivity index (χ1n) is 12.4. The number of H-pyrrole nitrogens is 2. The molecule has 3 N–H and O–H groups in total. The summed E-state index contributed by atoms with van der Waals surface area (Å²) in [5, 5.41) is 13.8. The van der Waals surface area contributed by atoms with Gasteiger partial charge in [0.05, 0.1) is 39.4 Å². The number of aromatic amines is 2. The predicted molar refractivity (Wildman–Crippen MR) is 146 cm³/mol. The molecule has 0 bridgehead atoms. The van der Waals surface area contributed by atoms with Gasteiger partial charge in [0.25, 0.3) is 0 Å². The zero-order valence-corrected chi connectivity index (χ0v) is 20.7. The molecule has 0 atom stereocenters. The van der Waals surface area contributed by atoms with Crippen molar-refractivity contribution in [3.8, 4) is 33.2 Å². The van der Waals surface area contributed by atoms with Crippen molar-refractivity contribution in [1.29, 1.82) is 0 Å². The van der Waals surface area contributed by atoms with Crippen LogP contribution in [-0.2, 0) is 4.79 Å². The Morgan fingerprint density at radius 3 is 2.81 bits per heavy atom. The maximum atomic E-state index is 12.6. The molecule has 6 aromatic rings. The highest BCUT2D eigenvalue weighted by atomic mass is 32.1. The van der Waals surface area contributed by atoms with E-state index in [2.05, 4.69) is 48.0 Å². The summed E-state index contributed by atoms with van der Waals surface area (Å²) >= 11 is 1.67. The molecule has 6 aromatic heterocycles. The number of hydrogen-bond acceptors (Lipinski definition) is 6. The molecule has 0 aromatic carbocycles. The van der Waals surface area contributed by atoms with Gasteiger partial charge in [-0.15, -0.1) is 11.3 Å². The lowest BCUT2D eigenvalue weighted by molar-refractivity contribution is -0.119. The molecule has 37 heavy (non-hydrogen) atoms. The summed E-state index contributed by atoms with van der Waals surface area (Å²) in [5.74, 6) is 0.172. The third-order valence-electron chi connectivity index (χ3n) is 6.99. The van der Waals surface area contributed by atoms with E-state index in [0.29, 0.717) is 5.69 Å². The molecule has 1 aliphatic rings. The minimum absolute atomic E-state index is 0.0761. The van der Waals surface area contributed by atoms with Crippen molar-refractivity contribution in [3.63, 3.8) is 0 Å². The first kappa shape index (κ1) is 21.9. The molecule has 1 saturated carbocycles. The fourth-order valence-electron chi connectivity index (χ4n) is 5.12. The maximum absolute atomic E-state index is 12.6. The Morgan fingerprint density at radius 2 is 1.95 bits per heavy atom. The van der Waals surface area contributed by atoms with E-state index in [1.54, 1.807) is 23.7 Å². The molecule has 6 heterocycles. The smallest absolute Gasteiger partial charge is 0.227 e. The summed E-state index contributed by atoms with van der Waals surface area (Å²) in [6, 6.07) is 14.0. The normalized spacial score (nSPS) is 14.1. The van der Waals surface area contributed by atoms with E-state index in [1.165, 1.54) is 0 Å². The number of carbonyl (C=O) groups excluding carboxylic acids is 1. The number of nitrogens with one attached hydrogen (secondary N) is 3. The second-order valence-corrected chi connectivity index (χ2v) is 10.3. The van der Waals surface area contributed by atoms with E-state index < -0.39 is 0 Å². The molecule has 1 fully saturated rings. The van der Waals surface area contributed by atoms with Crippen molar-refractivity contribution in [2.75, 3.05) is 5.32 Å². The number of thiophene rings is 1. The number of pyridine rings is 3. The van der Waals surface area contributed by atoms with Crippen LogP contribution in [0, 0.1) is 5.92 Å². The fraction of sp³-hybridized carbons (Fsp3) is 0.179. The molecule has 0 spiro atoms. The number of amides is 1. The van der Waals surface area contributed by atoms with Gasteiger partial charge in [-0.3, -0.25) is 19.9 Å². The molecule has 0 aliphatic heterocycles. The highest BCUT2D eigenvalue weighted by Gasteiger charge is 2.23. The van der Waals surface area contributed by atoms with Crippen LogP contribution in [0.25, 0.3) is 55.2 Å². The van der Waals surface area contributed by atoms with Crippen LogP contribution in [0.2, 0.25) is 0 Å². The van der Waals surface area contributed by atoms with E-state index in [0.717, 1.165) is 80.8 Å². The molecule has 182 valence electrons. The van der Waals surface area contributed by atoms with Gasteiger partial charge in [0.15, 0.2) is 0 Å². The number of aromatic nitrogens is 6. The van der Waals surface area contributed by atoms with Crippen LogP contribution in [0.5, 0.6) is 0 Å². The van der Waals surface area contributed by atoms with Gasteiger partial charge in [0.2, 0.25) is 5.91 Å². The van der Waals surface area contributed by atoms with Crippen LogP contribution >= 0.6 is 11.3 Å². The third-order valence-corrected chi connectivity index (χ3v) is 7.87. The molecule has 0 saturated heterocycles. The van der Waals surface area contributed by atoms with Gasteiger partial charge in [0, 0.05) is 34.8 Å². The van der Waals surface area contributed by atoms with E-state index in [9.17, 15) is 4.79 Å². The zero-order chi connectivity index (χ0) is 24.8. The average molecular weight is 506 g/mol. The van der Waals surface area contributed by atoms with Crippen LogP contribution in [0.3, 0.4) is 0 Å². The third kappa shape index (κ3) is 3.97. The number of anilines is 1. The second kappa shape index (κ2) is 8.94. The summed E-state index contributed by atoms with van der Waals surface area (Å²) in [6.45, 7) is 0. The van der Waals surface area contributed by atoms with Gasteiger partial charge in [0.1, 0.15) is 11.2 Å². The van der Waals surface area contributed by atoms with Crippen molar-refractivity contribution in [1.82, 2.24) is 30.1 Å². The van der Waals surface area contributed by atoms with Gasteiger partial charge < -0.3 is 10.3 Å². The van der Waals surface area contributed by atoms with E-state index >= 15 is 0 Å². The first-order valence-corrected chi connectivity index (χ1v) is 13.2. The van der Waals surface area contributed by atoms with Crippen molar-refractivity contribution in [2.24, 2.45) is 5.92 Å². The van der Waals surface area contributed by atoms with Gasteiger partial charge >= 0.3 is 0 Å². The van der Waals surface area contributed by atoms with Crippen LogP contribution in [-0.4, -0.2) is 36.0 Å². The Morgan fingerprint density at radius 1 is 1.03 bits per heavy atom.